The van der Waals surface area contributed by atoms with Gasteiger partial charge < -0.3 is 4.74 Å². The molecule has 0 unspecified atom stereocenters. The van der Waals surface area contributed by atoms with E-state index < -0.39 is 11.9 Å². The Morgan fingerprint density at radius 3 is 2.48 bits per heavy atom. The summed E-state index contributed by atoms with van der Waals surface area (Å²) in [5, 5.41) is 0. The summed E-state index contributed by atoms with van der Waals surface area (Å²) in [5.41, 5.74) is 2.20. The summed E-state index contributed by atoms with van der Waals surface area (Å²) in [4.78, 5) is 38.6. The number of aryl methyl sites for hydroxylation is 1. The lowest BCUT2D eigenvalue weighted by molar-refractivity contribution is 0.0499. The Kier molecular flexibility index (Phi) is 4.65. The van der Waals surface area contributed by atoms with Gasteiger partial charge in [-0.3, -0.25) is 9.59 Å². The van der Waals surface area contributed by atoms with Crippen molar-refractivity contribution in [3.63, 3.8) is 0 Å². The first kappa shape index (κ1) is 16.9. The molecule has 0 saturated carbocycles. The minimum absolute atomic E-state index is 0.234. The fraction of sp³-hybridized carbons (Fsp3) is 0.250. The molecule has 1 heterocycles. The summed E-state index contributed by atoms with van der Waals surface area (Å²) in [7, 11) is 0. The third-order valence-electron chi connectivity index (χ3n) is 4.21. The Balaban J connectivity index is 1.91. The normalized spacial score (nSPS) is 13.1. The van der Waals surface area contributed by atoms with Crippen molar-refractivity contribution in [1.29, 1.82) is 0 Å². The number of carbonyl (C=O) groups excluding carboxylic acids is 3. The molecular formula is C20H19NO4. The summed E-state index contributed by atoms with van der Waals surface area (Å²) in [6.45, 7) is 4.19. The molecule has 5 heteroatoms. The van der Waals surface area contributed by atoms with Crippen molar-refractivity contribution < 1.29 is 19.1 Å². The fourth-order valence-electron chi connectivity index (χ4n) is 2.79. The van der Waals surface area contributed by atoms with Crippen LogP contribution in [-0.4, -0.2) is 24.4 Å². The Morgan fingerprint density at radius 2 is 1.76 bits per heavy atom. The Hall–Kier alpha value is -2.95. The highest BCUT2D eigenvalue weighted by Crippen LogP contribution is 2.31. The van der Waals surface area contributed by atoms with Crippen LogP contribution in [0.5, 0.6) is 0 Å². The standard InChI is InChI=1S/C20H19NO4/c1-3-4-11-25-20(24)14-9-10-15-16(12-14)19(23)21(18(15)22)17-8-6-5-7-13(17)2/h5-10,12H,3-4,11H2,1-2H3. The predicted molar refractivity (Wildman–Crippen MR) is 94.0 cm³/mol. The van der Waals surface area contributed by atoms with Gasteiger partial charge in [0.1, 0.15) is 0 Å². The zero-order valence-electron chi connectivity index (χ0n) is 14.2. The van der Waals surface area contributed by atoms with Crippen molar-refractivity contribution in [1.82, 2.24) is 0 Å². The van der Waals surface area contributed by atoms with E-state index >= 15 is 0 Å². The third kappa shape index (κ3) is 3.05. The minimum atomic E-state index is -0.481. The van der Waals surface area contributed by atoms with E-state index in [4.69, 9.17) is 4.74 Å². The zero-order chi connectivity index (χ0) is 18.0. The van der Waals surface area contributed by atoms with Gasteiger partial charge in [0.25, 0.3) is 11.8 Å². The number of esters is 1. The van der Waals surface area contributed by atoms with Gasteiger partial charge in [0.2, 0.25) is 0 Å². The Morgan fingerprint density at radius 1 is 1.04 bits per heavy atom. The summed E-state index contributed by atoms with van der Waals surface area (Å²) < 4.78 is 5.17. The number of rotatable bonds is 5. The van der Waals surface area contributed by atoms with Gasteiger partial charge in [-0.2, -0.15) is 0 Å². The maximum atomic E-state index is 12.7. The highest BCUT2D eigenvalue weighted by Gasteiger charge is 2.37. The van der Waals surface area contributed by atoms with Crippen molar-refractivity contribution in [2.45, 2.75) is 26.7 Å². The van der Waals surface area contributed by atoms with E-state index in [-0.39, 0.29) is 17.0 Å². The number of para-hydroxylation sites is 1. The molecule has 0 fully saturated rings. The lowest BCUT2D eigenvalue weighted by atomic mass is 10.1. The van der Waals surface area contributed by atoms with Crippen LogP contribution in [0, 0.1) is 6.92 Å². The van der Waals surface area contributed by atoms with E-state index in [1.807, 2.05) is 26.0 Å². The van der Waals surface area contributed by atoms with Gasteiger partial charge in [0, 0.05) is 0 Å². The van der Waals surface area contributed by atoms with Gasteiger partial charge in [0.15, 0.2) is 0 Å². The summed E-state index contributed by atoms with van der Waals surface area (Å²) in [6, 6.07) is 11.7. The molecular weight excluding hydrogens is 318 g/mol. The van der Waals surface area contributed by atoms with E-state index in [2.05, 4.69) is 0 Å². The number of amides is 2. The SMILES string of the molecule is CCCCOC(=O)c1ccc2c(c1)C(=O)N(c1ccccc1C)C2=O. The first-order chi connectivity index (χ1) is 12.0. The molecule has 5 nitrogen and oxygen atoms in total. The molecule has 1 aliphatic heterocycles. The topological polar surface area (TPSA) is 63.7 Å². The molecule has 0 aromatic heterocycles. The zero-order valence-corrected chi connectivity index (χ0v) is 14.2. The number of anilines is 1. The quantitative estimate of drug-likeness (QED) is 0.473. The molecule has 0 radical (unpaired) electrons. The van der Waals surface area contributed by atoms with Crippen LogP contribution in [0.25, 0.3) is 0 Å². The second kappa shape index (κ2) is 6.89. The monoisotopic (exact) mass is 337 g/mol. The summed E-state index contributed by atoms with van der Waals surface area (Å²) in [5.74, 6) is -1.27. The molecule has 2 amide bonds. The smallest absolute Gasteiger partial charge is 0.338 e. The molecule has 0 spiro atoms. The molecule has 3 rings (SSSR count). The van der Waals surface area contributed by atoms with Gasteiger partial charge in [-0.05, 0) is 43.2 Å². The van der Waals surface area contributed by atoms with Crippen LogP contribution in [0.2, 0.25) is 0 Å². The molecule has 1 aliphatic rings. The van der Waals surface area contributed by atoms with Crippen molar-refractivity contribution in [3.8, 4) is 0 Å². The van der Waals surface area contributed by atoms with Crippen LogP contribution >= 0.6 is 0 Å². The molecule has 0 bridgehead atoms. The number of benzene rings is 2. The van der Waals surface area contributed by atoms with Crippen molar-refractivity contribution >= 4 is 23.5 Å². The van der Waals surface area contributed by atoms with Gasteiger partial charge in [-0.25, -0.2) is 9.69 Å². The second-order valence-corrected chi connectivity index (χ2v) is 5.98. The fourth-order valence-corrected chi connectivity index (χ4v) is 2.79. The second-order valence-electron chi connectivity index (χ2n) is 5.98. The van der Waals surface area contributed by atoms with Crippen molar-refractivity contribution in [2.24, 2.45) is 0 Å². The molecule has 0 aliphatic carbocycles. The van der Waals surface area contributed by atoms with Gasteiger partial charge in [-0.15, -0.1) is 0 Å². The average molecular weight is 337 g/mol. The van der Waals surface area contributed by atoms with E-state index in [1.54, 1.807) is 12.1 Å². The number of imide groups is 1. The summed E-state index contributed by atoms with van der Waals surface area (Å²) in [6.07, 6.45) is 1.71. The lowest BCUT2D eigenvalue weighted by Gasteiger charge is -2.16. The number of nitrogens with zero attached hydrogens (tertiary/aromatic N) is 1. The van der Waals surface area contributed by atoms with E-state index in [9.17, 15) is 14.4 Å². The largest absolute Gasteiger partial charge is 0.462 e. The van der Waals surface area contributed by atoms with Crippen LogP contribution in [0.1, 0.15) is 56.4 Å². The predicted octanol–water partition coefficient (Wildman–Crippen LogP) is 3.75. The first-order valence-electron chi connectivity index (χ1n) is 8.30. The molecule has 2 aromatic rings. The van der Waals surface area contributed by atoms with Crippen molar-refractivity contribution in [3.05, 3.63) is 64.7 Å². The molecule has 2 aromatic carbocycles. The molecule has 0 N–H and O–H groups in total. The number of unbranched alkanes of at least 4 members (excludes halogenated alkanes) is 1. The number of hydrogen-bond donors (Lipinski definition) is 0. The molecule has 0 atom stereocenters. The van der Waals surface area contributed by atoms with Crippen molar-refractivity contribution in [2.75, 3.05) is 11.5 Å². The number of ether oxygens (including phenoxy) is 1. The van der Waals surface area contributed by atoms with Gasteiger partial charge in [0.05, 0.1) is 29.0 Å². The van der Waals surface area contributed by atoms with Crippen LogP contribution in [-0.2, 0) is 4.74 Å². The number of hydrogen-bond acceptors (Lipinski definition) is 4. The number of carbonyl (C=O) groups is 3. The Labute approximate surface area is 146 Å². The van der Waals surface area contributed by atoms with E-state index in [0.717, 1.165) is 23.3 Å². The van der Waals surface area contributed by atoms with Crippen LogP contribution in [0.4, 0.5) is 5.69 Å². The van der Waals surface area contributed by atoms with Crippen LogP contribution in [0.3, 0.4) is 0 Å². The average Bonchev–Trinajstić information content (AvgIpc) is 2.86. The van der Waals surface area contributed by atoms with Crippen LogP contribution in [0.15, 0.2) is 42.5 Å². The minimum Gasteiger partial charge on any atom is -0.462 e. The maximum absolute atomic E-state index is 12.7. The maximum Gasteiger partial charge on any atom is 0.338 e. The van der Waals surface area contributed by atoms with E-state index in [0.29, 0.717) is 17.9 Å². The first-order valence-corrected chi connectivity index (χ1v) is 8.30. The van der Waals surface area contributed by atoms with Crippen LogP contribution < -0.4 is 4.90 Å². The van der Waals surface area contributed by atoms with E-state index in [1.165, 1.54) is 18.2 Å². The number of fused-ring (bicyclic) bond motifs is 1. The Bertz CT molecular complexity index is 857. The molecule has 128 valence electrons. The van der Waals surface area contributed by atoms with Gasteiger partial charge >= 0.3 is 5.97 Å². The summed E-state index contributed by atoms with van der Waals surface area (Å²) >= 11 is 0. The highest BCUT2D eigenvalue weighted by atomic mass is 16.5. The molecule has 0 saturated heterocycles. The molecule has 25 heavy (non-hydrogen) atoms. The lowest BCUT2D eigenvalue weighted by Crippen LogP contribution is -2.29. The third-order valence-corrected chi connectivity index (χ3v) is 4.21. The van der Waals surface area contributed by atoms with Gasteiger partial charge in [-0.1, -0.05) is 31.5 Å². The highest BCUT2D eigenvalue weighted by molar-refractivity contribution is 6.34.